The van der Waals surface area contributed by atoms with Crippen LogP contribution in [-0.4, -0.2) is 56.8 Å². The van der Waals surface area contributed by atoms with Gasteiger partial charge in [0, 0.05) is 33.2 Å². The molecule has 0 aliphatic carbocycles. The molecule has 3 amide bonds. The number of piperidine rings is 1. The largest absolute Gasteiger partial charge is 0.494 e. The number of methoxy groups -OCH3 is 1. The average molecular weight is 349 g/mol. The van der Waals surface area contributed by atoms with Crippen LogP contribution in [0.25, 0.3) is 0 Å². The molecule has 0 saturated carbocycles. The Bertz CT molecular complexity index is 576. The van der Waals surface area contributed by atoms with Crippen LogP contribution in [-0.2, 0) is 9.53 Å². The maximum atomic E-state index is 12.3. The summed E-state index contributed by atoms with van der Waals surface area (Å²) in [5.74, 6) is 0.909. The molecule has 2 atom stereocenters. The fourth-order valence-corrected chi connectivity index (χ4v) is 2.87. The predicted octanol–water partition coefficient (Wildman–Crippen LogP) is 1.69. The average Bonchev–Trinajstić information content (AvgIpc) is 2.59. The molecule has 7 heteroatoms. The Morgan fingerprint density at radius 3 is 2.68 bits per heavy atom. The van der Waals surface area contributed by atoms with Gasteiger partial charge in [-0.2, -0.15) is 0 Å². The van der Waals surface area contributed by atoms with E-state index in [0.717, 1.165) is 11.3 Å². The number of amides is 3. The maximum Gasteiger partial charge on any atom is 0.315 e. The van der Waals surface area contributed by atoms with Crippen molar-refractivity contribution in [3.8, 4) is 5.75 Å². The number of urea groups is 1. The second-order valence-electron chi connectivity index (χ2n) is 6.14. The summed E-state index contributed by atoms with van der Waals surface area (Å²) in [5, 5.41) is 5.88. The molecule has 1 aromatic rings. The van der Waals surface area contributed by atoms with Gasteiger partial charge in [0.05, 0.1) is 19.3 Å². The molecule has 1 aliphatic rings. The molecule has 0 unspecified atom stereocenters. The van der Waals surface area contributed by atoms with Crippen LogP contribution in [0.4, 0.5) is 4.79 Å². The normalized spacial score (nSPS) is 18.6. The van der Waals surface area contributed by atoms with E-state index in [1.165, 1.54) is 0 Å². The van der Waals surface area contributed by atoms with Crippen molar-refractivity contribution in [2.75, 3.05) is 33.9 Å². The van der Waals surface area contributed by atoms with Gasteiger partial charge in [0.1, 0.15) is 5.75 Å². The molecule has 7 nitrogen and oxygen atoms in total. The van der Waals surface area contributed by atoms with E-state index in [1.807, 2.05) is 31.2 Å². The number of benzene rings is 1. The Morgan fingerprint density at radius 2 is 2.08 bits per heavy atom. The number of nitrogens with zero attached hydrogens (tertiary/aromatic N) is 1. The molecule has 1 fully saturated rings. The predicted molar refractivity (Wildman–Crippen MR) is 94.6 cm³/mol. The first-order chi connectivity index (χ1) is 12.0. The van der Waals surface area contributed by atoms with Crippen molar-refractivity contribution < 1.29 is 19.1 Å². The molecule has 0 spiro atoms. The highest BCUT2D eigenvalue weighted by molar-refractivity contribution is 5.78. The van der Waals surface area contributed by atoms with E-state index in [2.05, 4.69) is 10.6 Å². The van der Waals surface area contributed by atoms with E-state index in [4.69, 9.17) is 9.47 Å². The van der Waals surface area contributed by atoms with Crippen molar-refractivity contribution >= 4 is 11.9 Å². The molecule has 25 heavy (non-hydrogen) atoms. The van der Waals surface area contributed by atoms with Crippen LogP contribution in [0.2, 0.25) is 0 Å². The zero-order valence-electron chi connectivity index (χ0n) is 15.1. The first-order valence-electron chi connectivity index (χ1n) is 8.56. The topological polar surface area (TPSA) is 79.9 Å². The van der Waals surface area contributed by atoms with Gasteiger partial charge >= 0.3 is 6.03 Å². The Balaban J connectivity index is 1.93. The number of hydrogen-bond acceptors (Lipinski definition) is 4. The number of ether oxygens (including phenoxy) is 2. The molecule has 1 heterocycles. The van der Waals surface area contributed by atoms with Crippen LogP contribution in [0.5, 0.6) is 5.75 Å². The second kappa shape index (κ2) is 9.27. The summed E-state index contributed by atoms with van der Waals surface area (Å²) in [7, 11) is 3.35. The second-order valence-corrected chi connectivity index (χ2v) is 6.14. The zero-order valence-corrected chi connectivity index (χ0v) is 15.1. The molecule has 2 rings (SSSR count). The van der Waals surface area contributed by atoms with Crippen molar-refractivity contribution in [3.05, 3.63) is 29.8 Å². The molecular formula is C18H27N3O4. The first kappa shape index (κ1) is 19.1. The summed E-state index contributed by atoms with van der Waals surface area (Å²) >= 11 is 0. The molecule has 2 N–H and O–H groups in total. The van der Waals surface area contributed by atoms with Crippen molar-refractivity contribution in [1.82, 2.24) is 15.5 Å². The standard InChI is InChI=1S/C18H27N3O4/c1-4-25-15-8-5-13(6-9-15)16(12-24-3)20-18(23)19-14-7-10-17(22)21(2)11-14/h5-6,8-9,14,16H,4,7,10-12H2,1-3H3,(H2,19,20,23)/t14-,16+/m0/s1. The van der Waals surface area contributed by atoms with Crippen molar-refractivity contribution in [3.63, 3.8) is 0 Å². The summed E-state index contributed by atoms with van der Waals surface area (Å²) in [5.41, 5.74) is 0.941. The van der Waals surface area contributed by atoms with Gasteiger partial charge in [-0.1, -0.05) is 12.1 Å². The van der Waals surface area contributed by atoms with E-state index in [-0.39, 0.29) is 24.0 Å². The van der Waals surface area contributed by atoms with E-state index in [9.17, 15) is 9.59 Å². The zero-order chi connectivity index (χ0) is 18.2. The summed E-state index contributed by atoms with van der Waals surface area (Å²) < 4.78 is 10.7. The minimum Gasteiger partial charge on any atom is -0.494 e. The molecule has 1 saturated heterocycles. The quantitative estimate of drug-likeness (QED) is 0.785. The van der Waals surface area contributed by atoms with Gasteiger partial charge < -0.3 is 25.0 Å². The minimum absolute atomic E-state index is 0.0359. The van der Waals surface area contributed by atoms with E-state index >= 15 is 0 Å². The summed E-state index contributed by atoms with van der Waals surface area (Å²) in [6.45, 7) is 3.44. The number of nitrogens with one attached hydrogen (secondary N) is 2. The third-order valence-corrected chi connectivity index (χ3v) is 4.19. The van der Waals surface area contributed by atoms with Gasteiger partial charge in [0.15, 0.2) is 0 Å². The van der Waals surface area contributed by atoms with Gasteiger partial charge in [-0.05, 0) is 31.0 Å². The fourth-order valence-electron chi connectivity index (χ4n) is 2.87. The highest BCUT2D eigenvalue weighted by atomic mass is 16.5. The van der Waals surface area contributed by atoms with Crippen LogP contribution in [0.1, 0.15) is 31.4 Å². The minimum atomic E-state index is -0.261. The number of likely N-dealkylation sites (N-methyl/N-ethyl adjacent to an activating group) is 1. The van der Waals surface area contributed by atoms with E-state index < -0.39 is 0 Å². The van der Waals surface area contributed by atoms with Crippen LogP contribution < -0.4 is 15.4 Å². The number of rotatable bonds is 7. The number of likely N-dealkylation sites (tertiary alicyclic amines) is 1. The SMILES string of the molecule is CCOc1ccc([C@@H](COC)NC(=O)N[C@H]2CCC(=O)N(C)C2)cc1. The van der Waals surface area contributed by atoms with Crippen molar-refractivity contribution in [2.45, 2.75) is 31.8 Å². The monoisotopic (exact) mass is 349 g/mol. The molecular weight excluding hydrogens is 322 g/mol. The van der Waals surface area contributed by atoms with Gasteiger partial charge in [-0.3, -0.25) is 4.79 Å². The number of hydrogen-bond donors (Lipinski definition) is 2. The van der Waals surface area contributed by atoms with Crippen LogP contribution in [0.3, 0.4) is 0 Å². The maximum absolute atomic E-state index is 12.3. The highest BCUT2D eigenvalue weighted by Gasteiger charge is 2.25. The summed E-state index contributed by atoms with van der Waals surface area (Å²) in [6.07, 6.45) is 1.12. The smallest absolute Gasteiger partial charge is 0.315 e. The highest BCUT2D eigenvalue weighted by Crippen LogP contribution is 2.18. The van der Waals surface area contributed by atoms with Gasteiger partial charge in [-0.15, -0.1) is 0 Å². The lowest BCUT2D eigenvalue weighted by atomic mass is 10.1. The first-order valence-corrected chi connectivity index (χ1v) is 8.56. The Labute approximate surface area is 148 Å². The summed E-state index contributed by atoms with van der Waals surface area (Å²) in [6, 6.07) is 7.04. The van der Waals surface area contributed by atoms with Crippen LogP contribution in [0, 0.1) is 0 Å². The molecule has 138 valence electrons. The lowest BCUT2D eigenvalue weighted by Gasteiger charge is -2.30. The molecule has 1 aliphatic heterocycles. The van der Waals surface area contributed by atoms with Crippen LogP contribution in [0.15, 0.2) is 24.3 Å². The number of carbonyl (C=O) groups is 2. The van der Waals surface area contributed by atoms with Gasteiger partial charge in [0.2, 0.25) is 5.91 Å². The lowest BCUT2D eigenvalue weighted by Crippen LogP contribution is -2.51. The number of carbonyl (C=O) groups excluding carboxylic acids is 2. The van der Waals surface area contributed by atoms with Gasteiger partial charge in [-0.25, -0.2) is 4.79 Å². The van der Waals surface area contributed by atoms with E-state index in [1.54, 1.807) is 19.1 Å². The van der Waals surface area contributed by atoms with E-state index in [0.29, 0.717) is 32.6 Å². The third-order valence-electron chi connectivity index (χ3n) is 4.19. The molecule has 0 aromatic heterocycles. The lowest BCUT2D eigenvalue weighted by molar-refractivity contribution is -0.132. The Hall–Kier alpha value is -2.28. The van der Waals surface area contributed by atoms with Gasteiger partial charge in [0.25, 0.3) is 0 Å². The summed E-state index contributed by atoms with van der Waals surface area (Å²) in [4.78, 5) is 25.5. The van der Waals surface area contributed by atoms with Crippen molar-refractivity contribution in [1.29, 1.82) is 0 Å². The van der Waals surface area contributed by atoms with Crippen molar-refractivity contribution in [2.24, 2.45) is 0 Å². The molecule has 0 bridgehead atoms. The molecule has 1 aromatic carbocycles. The fraction of sp³-hybridized carbons (Fsp3) is 0.556. The Kier molecular flexibility index (Phi) is 7.06. The Morgan fingerprint density at radius 1 is 1.36 bits per heavy atom. The molecule has 0 radical (unpaired) electrons. The van der Waals surface area contributed by atoms with Crippen LogP contribution >= 0.6 is 0 Å². The third kappa shape index (κ3) is 5.63.